The van der Waals surface area contributed by atoms with E-state index in [9.17, 15) is 0 Å². The van der Waals surface area contributed by atoms with E-state index in [1.807, 2.05) is 7.05 Å². The fourth-order valence-corrected chi connectivity index (χ4v) is 2.94. The van der Waals surface area contributed by atoms with Crippen LogP contribution in [0.5, 0.6) is 0 Å². The fourth-order valence-electron chi connectivity index (χ4n) is 2.94. The fraction of sp³-hybridized carbons (Fsp3) is 0.625. The molecule has 0 atom stereocenters. The second kappa shape index (κ2) is 5.93. The van der Waals surface area contributed by atoms with E-state index < -0.39 is 0 Å². The van der Waals surface area contributed by atoms with Gasteiger partial charge in [0.1, 0.15) is 0 Å². The molecular weight excluding hydrogens is 234 g/mol. The molecule has 0 saturated carbocycles. The van der Waals surface area contributed by atoms with Crippen molar-refractivity contribution in [3.63, 3.8) is 0 Å². The number of aryl methyl sites for hydroxylation is 1. The summed E-state index contributed by atoms with van der Waals surface area (Å²) in [5.74, 6) is 0. The van der Waals surface area contributed by atoms with E-state index >= 15 is 0 Å². The molecule has 3 heteroatoms. The van der Waals surface area contributed by atoms with Gasteiger partial charge in [-0.1, -0.05) is 12.1 Å². The average molecular weight is 261 g/mol. The number of hydrogen-bond acceptors (Lipinski definition) is 3. The lowest BCUT2D eigenvalue weighted by Gasteiger charge is -2.44. The van der Waals surface area contributed by atoms with Crippen molar-refractivity contribution in [3.05, 3.63) is 29.8 Å². The van der Waals surface area contributed by atoms with E-state index in [0.717, 1.165) is 32.7 Å². The van der Waals surface area contributed by atoms with Crippen LogP contribution in [-0.4, -0.2) is 50.2 Å². The molecule has 19 heavy (non-hydrogen) atoms. The average Bonchev–Trinajstić information content (AvgIpc) is 2.39. The van der Waals surface area contributed by atoms with Crippen molar-refractivity contribution in [1.82, 2.24) is 10.2 Å². The summed E-state index contributed by atoms with van der Waals surface area (Å²) in [7, 11) is 2.03. The molecule has 0 aromatic heterocycles. The van der Waals surface area contributed by atoms with Gasteiger partial charge >= 0.3 is 0 Å². The van der Waals surface area contributed by atoms with Crippen molar-refractivity contribution in [2.45, 2.75) is 26.3 Å². The molecule has 1 aliphatic heterocycles. The monoisotopic (exact) mass is 261 g/mol. The summed E-state index contributed by atoms with van der Waals surface area (Å²) in [4.78, 5) is 5.09. The van der Waals surface area contributed by atoms with Gasteiger partial charge in [0.05, 0.1) is 0 Å². The minimum atomic E-state index is 0.243. The number of piperazine rings is 1. The molecule has 1 aliphatic rings. The minimum absolute atomic E-state index is 0.243. The van der Waals surface area contributed by atoms with Crippen LogP contribution in [0.3, 0.4) is 0 Å². The molecule has 3 nitrogen and oxygen atoms in total. The number of benzene rings is 1. The molecule has 2 rings (SSSR count). The minimum Gasteiger partial charge on any atom is -0.369 e. The lowest BCUT2D eigenvalue weighted by Crippen LogP contribution is -2.57. The first kappa shape index (κ1) is 14.4. The number of nitrogens with one attached hydrogen (secondary N) is 1. The third-order valence-electron chi connectivity index (χ3n) is 4.11. The molecule has 0 amide bonds. The van der Waals surface area contributed by atoms with Gasteiger partial charge in [-0.2, -0.15) is 0 Å². The Hall–Kier alpha value is -1.06. The molecule has 0 unspecified atom stereocenters. The molecule has 106 valence electrons. The summed E-state index contributed by atoms with van der Waals surface area (Å²) >= 11 is 0. The van der Waals surface area contributed by atoms with Crippen LogP contribution in [-0.2, 0) is 0 Å². The Kier molecular flexibility index (Phi) is 4.48. The van der Waals surface area contributed by atoms with Gasteiger partial charge < -0.3 is 10.2 Å². The van der Waals surface area contributed by atoms with Crippen LogP contribution in [0.2, 0.25) is 0 Å². The number of hydrogen-bond donors (Lipinski definition) is 1. The van der Waals surface area contributed by atoms with E-state index in [4.69, 9.17) is 0 Å². The van der Waals surface area contributed by atoms with Gasteiger partial charge in [0.25, 0.3) is 0 Å². The third kappa shape index (κ3) is 3.48. The number of anilines is 1. The molecule has 1 saturated heterocycles. The smallest absolute Gasteiger partial charge is 0.0369 e. The Bertz CT molecular complexity index is 406. The van der Waals surface area contributed by atoms with Gasteiger partial charge in [-0.25, -0.2) is 0 Å². The van der Waals surface area contributed by atoms with Crippen molar-refractivity contribution < 1.29 is 0 Å². The van der Waals surface area contributed by atoms with E-state index in [0.29, 0.717) is 0 Å². The molecule has 0 spiro atoms. The van der Waals surface area contributed by atoms with Crippen LogP contribution in [0.15, 0.2) is 24.3 Å². The first-order valence-corrected chi connectivity index (χ1v) is 7.24. The molecule has 0 aliphatic carbocycles. The summed E-state index contributed by atoms with van der Waals surface area (Å²) in [6, 6.07) is 8.83. The SMILES string of the molecule is CNCC(C)(C)N1CCN(c2cccc(C)c2)CC1. The maximum absolute atomic E-state index is 3.30. The van der Waals surface area contributed by atoms with E-state index in [1.165, 1.54) is 11.3 Å². The number of rotatable bonds is 4. The molecule has 1 fully saturated rings. The molecule has 0 radical (unpaired) electrons. The highest BCUT2D eigenvalue weighted by atomic mass is 15.3. The first-order valence-electron chi connectivity index (χ1n) is 7.24. The van der Waals surface area contributed by atoms with Crippen molar-refractivity contribution in [2.24, 2.45) is 0 Å². The van der Waals surface area contributed by atoms with Crippen LogP contribution in [0, 0.1) is 6.92 Å². The summed E-state index contributed by atoms with van der Waals surface area (Å²) in [6.07, 6.45) is 0. The maximum Gasteiger partial charge on any atom is 0.0369 e. The quantitative estimate of drug-likeness (QED) is 0.895. The largest absolute Gasteiger partial charge is 0.369 e. The van der Waals surface area contributed by atoms with Crippen LogP contribution >= 0.6 is 0 Å². The summed E-state index contributed by atoms with van der Waals surface area (Å²) in [5, 5.41) is 3.30. The van der Waals surface area contributed by atoms with Crippen molar-refractivity contribution in [2.75, 3.05) is 44.7 Å². The summed E-state index contributed by atoms with van der Waals surface area (Å²) in [6.45, 7) is 12.4. The Morgan fingerprint density at radius 1 is 1.16 bits per heavy atom. The second-order valence-electron chi connectivity index (χ2n) is 6.16. The predicted octanol–water partition coefficient (Wildman–Crippen LogP) is 2.12. The molecule has 0 bridgehead atoms. The molecular formula is C16H27N3. The van der Waals surface area contributed by atoms with Gasteiger partial charge in [0, 0.05) is 44.0 Å². The van der Waals surface area contributed by atoms with Gasteiger partial charge in [-0.05, 0) is 45.5 Å². The molecule has 1 aromatic carbocycles. The molecule has 1 aromatic rings. The number of likely N-dealkylation sites (N-methyl/N-ethyl adjacent to an activating group) is 1. The normalized spacial score (nSPS) is 17.8. The third-order valence-corrected chi connectivity index (χ3v) is 4.11. The topological polar surface area (TPSA) is 18.5 Å². The lowest BCUT2D eigenvalue weighted by atomic mass is 10.0. The van der Waals surface area contributed by atoms with E-state index in [-0.39, 0.29) is 5.54 Å². The zero-order valence-corrected chi connectivity index (χ0v) is 12.7. The van der Waals surface area contributed by atoms with Crippen LogP contribution in [0.1, 0.15) is 19.4 Å². The Morgan fingerprint density at radius 2 is 1.84 bits per heavy atom. The Balaban J connectivity index is 1.96. The highest BCUT2D eigenvalue weighted by Gasteiger charge is 2.29. The van der Waals surface area contributed by atoms with Crippen LogP contribution in [0.4, 0.5) is 5.69 Å². The Labute approximate surface area is 117 Å². The van der Waals surface area contributed by atoms with Crippen molar-refractivity contribution in [3.8, 4) is 0 Å². The highest BCUT2D eigenvalue weighted by Crippen LogP contribution is 2.21. The molecule has 1 heterocycles. The predicted molar refractivity (Wildman–Crippen MR) is 83.0 cm³/mol. The van der Waals surface area contributed by atoms with E-state index in [1.54, 1.807) is 0 Å². The Morgan fingerprint density at radius 3 is 2.42 bits per heavy atom. The zero-order chi connectivity index (χ0) is 13.9. The van der Waals surface area contributed by atoms with Crippen LogP contribution in [0.25, 0.3) is 0 Å². The van der Waals surface area contributed by atoms with E-state index in [2.05, 4.69) is 60.2 Å². The van der Waals surface area contributed by atoms with Gasteiger partial charge in [0.2, 0.25) is 0 Å². The lowest BCUT2D eigenvalue weighted by molar-refractivity contribution is 0.112. The van der Waals surface area contributed by atoms with Gasteiger partial charge in [0.15, 0.2) is 0 Å². The van der Waals surface area contributed by atoms with Crippen molar-refractivity contribution in [1.29, 1.82) is 0 Å². The zero-order valence-electron chi connectivity index (χ0n) is 12.7. The maximum atomic E-state index is 3.30. The highest BCUT2D eigenvalue weighted by molar-refractivity contribution is 5.48. The number of nitrogens with zero attached hydrogens (tertiary/aromatic N) is 2. The standard InChI is InChI=1S/C16H27N3/c1-14-6-5-7-15(12-14)18-8-10-19(11-9-18)16(2,3)13-17-4/h5-7,12,17H,8-11,13H2,1-4H3. The van der Waals surface area contributed by atoms with Gasteiger partial charge in [-0.3, -0.25) is 4.90 Å². The molecule has 1 N–H and O–H groups in total. The first-order chi connectivity index (χ1) is 9.03. The second-order valence-corrected chi connectivity index (χ2v) is 6.16. The van der Waals surface area contributed by atoms with Crippen LogP contribution < -0.4 is 10.2 Å². The summed E-state index contributed by atoms with van der Waals surface area (Å²) < 4.78 is 0. The summed E-state index contributed by atoms with van der Waals surface area (Å²) in [5.41, 5.74) is 2.95. The van der Waals surface area contributed by atoms with Crippen molar-refractivity contribution >= 4 is 5.69 Å². The van der Waals surface area contributed by atoms with Gasteiger partial charge in [-0.15, -0.1) is 0 Å².